The Morgan fingerprint density at radius 2 is 1.41 bits per heavy atom. The van der Waals surface area contributed by atoms with Gasteiger partial charge >= 0.3 is 29.6 Å². The Morgan fingerprint density at radius 1 is 1.00 bits per heavy atom. The molecule has 0 fully saturated rings. The van der Waals surface area contributed by atoms with Gasteiger partial charge in [0.1, 0.15) is 0 Å². The van der Waals surface area contributed by atoms with Gasteiger partial charge in [0.25, 0.3) is 0 Å². The van der Waals surface area contributed by atoms with Gasteiger partial charge in [0.2, 0.25) is 0 Å². The third kappa shape index (κ3) is 46.0. The molecule has 0 amide bonds. The van der Waals surface area contributed by atoms with Gasteiger partial charge in [0, 0.05) is 35.6 Å². The second-order valence-electron chi connectivity index (χ2n) is 3.84. The van der Waals surface area contributed by atoms with Crippen molar-refractivity contribution in [2.45, 2.75) is 7.43 Å². The first kappa shape index (κ1) is 31.4. The first-order valence-corrected chi connectivity index (χ1v) is 5.09. The molecule has 99 valence electrons. The van der Waals surface area contributed by atoms with Crippen LogP contribution in [-0.2, 0) is 0 Å². The predicted molar refractivity (Wildman–Crippen MR) is 71.3 cm³/mol. The minimum Gasteiger partial charge on any atom is -0.664 e. The Kier molecular flexibility index (Phi) is 49.1. The number of nitrogens with zero attached hydrogens (tertiary/aromatic N) is 3. The van der Waals surface area contributed by atoms with Crippen LogP contribution in [0.15, 0.2) is 0 Å². The van der Waals surface area contributed by atoms with Crippen LogP contribution in [0.5, 0.6) is 0 Å². The quantitative estimate of drug-likeness (QED) is 0.501. The molecule has 4 nitrogen and oxygen atoms in total. The molecule has 0 heterocycles. The van der Waals surface area contributed by atoms with Gasteiger partial charge in [0.05, 0.1) is 20.6 Å². The van der Waals surface area contributed by atoms with Crippen LogP contribution in [0.3, 0.4) is 0 Å². The summed E-state index contributed by atoms with van der Waals surface area (Å²) in [4.78, 5) is 3.58. The molecule has 0 saturated heterocycles. The van der Waals surface area contributed by atoms with Crippen molar-refractivity contribution in [3.8, 4) is 0 Å². The molecule has 17 heavy (non-hydrogen) atoms. The molecule has 6 heteroatoms. The van der Waals surface area contributed by atoms with Crippen molar-refractivity contribution < 1.29 is 70.1 Å². The second kappa shape index (κ2) is 26.6. The van der Waals surface area contributed by atoms with E-state index in [1.165, 1.54) is 4.90 Å². The number of hydrogen-bond acceptors (Lipinski definition) is 1. The van der Waals surface area contributed by atoms with Crippen LogP contribution in [0, 0.1) is 35.6 Å². The molecule has 0 atom stereocenters. The van der Waals surface area contributed by atoms with Crippen molar-refractivity contribution >= 4 is 0 Å². The predicted octanol–water partition coefficient (Wildman–Crippen LogP) is -2.67. The van der Waals surface area contributed by atoms with Crippen LogP contribution in [0.25, 0.3) is 10.6 Å². The Morgan fingerprint density at radius 3 is 1.53 bits per heavy atom. The van der Waals surface area contributed by atoms with E-state index < -0.39 is 0 Å². The molecular weight excluding hydrogens is 350 g/mol. The Balaban J connectivity index is -0.0000000480. The van der Waals surface area contributed by atoms with E-state index in [0.29, 0.717) is 0 Å². The van der Waals surface area contributed by atoms with E-state index in [2.05, 4.69) is 29.6 Å². The summed E-state index contributed by atoms with van der Waals surface area (Å²) in [5.74, 6) is 0. The molecule has 0 spiro atoms. The van der Waals surface area contributed by atoms with Crippen molar-refractivity contribution in [1.29, 1.82) is 0 Å². The average Bonchev–Trinajstić information content (AvgIpc) is 2.12. The number of rotatable bonds is 6. The van der Waals surface area contributed by atoms with E-state index in [-0.39, 0.29) is 72.6 Å². The van der Waals surface area contributed by atoms with Gasteiger partial charge in [-0.3, -0.25) is 0 Å². The van der Waals surface area contributed by atoms with E-state index in [1.807, 2.05) is 28.2 Å². The van der Waals surface area contributed by atoms with Crippen molar-refractivity contribution in [2.24, 2.45) is 0 Å². The third-order valence-corrected chi connectivity index (χ3v) is 1.61. The maximum absolute atomic E-state index is 3.96. The van der Waals surface area contributed by atoms with Gasteiger partial charge in [-0.05, 0) is 20.6 Å². The van der Waals surface area contributed by atoms with Gasteiger partial charge in [-0.15, -0.1) is 6.54 Å². The molecule has 0 aliphatic rings. The summed E-state index contributed by atoms with van der Waals surface area (Å²) in [5, 5.41) is 7.89. The summed E-state index contributed by atoms with van der Waals surface area (Å²) in [7, 11) is 12.0. The van der Waals surface area contributed by atoms with Crippen LogP contribution < -0.4 is 34.5 Å². The molecular formula is C11H31LaN4Na. The summed E-state index contributed by atoms with van der Waals surface area (Å²) in [6.45, 7) is 4.16. The number of hydrogen-bond donors (Lipinski definition) is 1. The van der Waals surface area contributed by atoms with Crippen LogP contribution in [0.4, 0.5) is 0 Å². The van der Waals surface area contributed by atoms with Crippen molar-refractivity contribution in [3.63, 3.8) is 0 Å². The topological polar surface area (TPSA) is 35.9 Å². The van der Waals surface area contributed by atoms with E-state index in [4.69, 9.17) is 0 Å². The van der Waals surface area contributed by atoms with E-state index >= 15 is 0 Å². The van der Waals surface area contributed by atoms with Gasteiger partial charge in [-0.25, -0.2) is 0 Å². The first-order chi connectivity index (χ1) is 6.54. The van der Waals surface area contributed by atoms with Crippen molar-refractivity contribution in [2.75, 3.05) is 68.5 Å². The minimum absolute atomic E-state index is 0. The molecule has 0 saturated carbocycles. The van der Waals surface area contributed by atoms with Gasteiger partial charge in [-0.1, -0.05) is 14.0 Å². The van der Waals surface area contributed by atoms with Crippen molar-refractivity contribution in [1.82, 2.24) is 4.90 Å². The number of quaternary nitrogens is 1. The van der Waals surface area contributed by atoms with Crippen LogP contribution >= 0.6 is 0 Å². The molecule has 0 aliphatic heterocycles. The molecule has 0 unspecified atom stereocenters. The van der Waals surface area contributed by atoms with E-state index in [0.717, 1.165) is 26.2 Å². The summed E-state index contributed by atoms with van der Waals surface area (Å²) < 4.78 is 0. The largest absolute Gasteiger partial charge is 1.00 e. The van der Waals surface area contributed by atoms with E-state index in [1.54, 1.807) is 0 Å². The Hall–Kier alpha value is 2.03. The average molecular weight is 381 g/mol. The van der Waals surface area contributed by atoms with Crippen LogP contribution in [-0.4, -0.2) is 73.4 Å². The molecule has 0 aromatic heterocycles. The monoisotopic (exact) mass is 381 g/mol. The van der Waals surface area contributed by atoms with E-state index in [9.17, 15) is 0 Å². The maximum atomic E-state index is 3.96. The standard InChI is InChI=1S/2C5H13N2.CH4.La.Na/c2*1-6-4-5-7(2)3;;;/h2*4-5H2,1-3H3;1H4;;/q2*-1;;;+1/p+1. The smallest absolute Gasteiger partial charge is 0.664 e. The molecule has 0 aliphatic carbocycles. The first-order valence-electron chi connectivity index (χ1n) is 5.09. The van der Waals surface area contributed by atoms with Gasteiger partial charge < -0.3 is 20.4 Å². The zero-order valence-electron chi connectivity index (χ0n) is 12.2. The maximum Gasteiger partial charge on any atom is 1.00 e. The van der Waals surface area contributed by atoms with Crippen LogP contribution in [0.1, 0.15) is 7.43 Å². The summed E-state index contributed by atoms with van der Waals surface area (Å²) >= 11 is 0. The summed E-state index contributed by atoms with van der Waals surface area (Å²) in [6, 6.07) is 0. The second-order valence-corrected chi connectivity index (χ2v) is 3.84. The Labute approximate surface area is 160 Å². The zero-order chi connectivity index (χ0) is 11.4. The molecule has 0 rings (SSSR count). The number of likely N-dealkylation sites (N-methyl/N-ethyl adjacent to an activating group) is 4. The fraction of sp³-hybridized carbons (Fsp3) is 1.00. The normalized spacial score (nSPS) is 8.47. The van der Waals surface area contributed by atoms with Crippen molar-refractivity contribution in [3.05, 3.63) is 10.6 Å². The molecule has 0 aromatic rings. The molecule has 1 N–H and O–H groups in total. The third-order valence-electron chi connectivity index (χ3n) is 1.61. The minimum atomic E-state index is 0. The molecule has 0 aromatic carbocycles. The number of nitrogens with one attached hydrogen (secondary N) is 1. The zero-order valence-corrected chi connectivity index (χ0v) is 17.9. The molecule has 0 bridgehead atoms. The fourth-order valence-electron chi connectivity index (χ4n) is 0.635. The van der Waals surface area contributed by atoms with Gasteiger partial charge in [0.15, 0.2) is 0 Å². The summed E-state index contributed by atoms with van der Waals surface area (Å²) in [6.07, 6.45) is 0. The fourth-order valence-corrected chi connectivity index (χ4v) is 0.635. The Bertz CT molecular complexity index is 93.5. The van der Waals surface area contributed by atoms with Gasteiger partial charge in [-0.2, -0.15) is 14.1 Å². The van der Waals surface area contributed by atoms with Crippen LogP contribution in [0.2, 0.25) is 0 Å². The molecule has 1 radical (unpaired) electrons. The summed E-state index contributed by atoms with van der Waals surface area (Å²) in [5.41, 5.74) is 0. The SMILES string of the molecule is C.C[N-]CCN(C)C.C[N-]CC[NH+](C)C.[La].[Na+].